The van der Waals surface area contributed by atoms with Crippen molar-refractivity contribution in [2.24, 2.45) is 23.2 Å². The van der Waals surface area contributed by atoms with Crippen LogP contribution in [0.1, 0.15) is 56.6 Å². The largest absolute Gasteiger partial charge is 0.496 e. The topological polar surface area (TPSA) is 64.6 Å². The average Bonchev–Trinajstić information content (AvgIpc) is 2.81. The van der Waals surface area contributed by atoms with E-state index in [0.29, 0.717) is 18.1 Å². The quantitative estimate of drug-likeness (QED) is 0.490. The molecule has 4 saturated carbocycles. The van der Waals surface area contributed by atoms with E-state index in [4.69, 9.17) is 9.47 Å². The van der Waals surface area contributed by atoms with Crippen LogP contribution >= 0.6 is 0 Å². The molecule has 0 aliphatic heterocycles. The average molecular weight is 460 g/mol. The van der Waals surface area contributed by atoms with Crippen LogP contribution in [0.3, 0.4) is 0 Å². The first-order chi connectivity index (χ1) is 16.4. The Labute approximate surface area is 201 Å². The molecule has 5 heteroatoms. The third kappa shape index (κ3) is 4.75. The van der Waals surface area contributed by atoms with Crippen LogP contribution in [-0.4, -0.2) is 18.8 Å². The summed E-state index contributed by atoms with van der Waals surface area (Å²) in [5.74, 6) is 3.96. The summed E-state index contributed by atoms with van der Waals surface area (Å²) in [4.78, 5) is 24.5. The Hall–Kier alpha value is -3.08. The third-order valence-corrected chi connectivity index (χ3v) is 7.86. The Morgan fingerprint density at radius 1 is 1.00 bits per heavy atom. The Morgan fingerprint density at radius 3 is 2.24 bits per heavy atom. The van der Waals surface area contributed by atoms with Crippen molar-refractivity contribution in [2.75, 3.05) is 12.4 Å². The number of benzene rings is 2. The van der Waals surface area contributed by atoms with Crippen molar-refractivity contribution < 1.29 is 19.1 Å². The molecule has 178 valence electrons. The summed E-state index contributed by atoms with van der Waals surface area (Å²) in [7, 11) is 1.65. The van der Waals surface area contributed by atoms with E-state index in [9.17, 15) is 9.59 Å². The van der Waals surface area contributed by atoms with Gasteiger partial charge in [-0.3, -0.25) is 9.59 Å². The number of rotatable bonds is 8. The fourth-order valence-corrected chi connectivity index (χ4v) is 6.77. The molecule has 0 heterocycles. The van der Waals surface area contributed by atoms with Crippen LogP contribution in [0, 0.1) is 23.2 Å². The molecule has 0 atom stereocenters. The fourth-order valence-electron chi connectivity index (χ4n) is 6.77. The van der Waals surface area contributed by atoms with Crippen LogP contribution in [0.2, 0.25) is 0 Å². The van der Waals surface area contributed by atoms with E-state index in [1.54, 1.807) is 7.11 Å². The number of carbonyl (C=O) groups is 2. The van der Waals surface area contributed by atoms with Gasteiger partial charge in [-0.1, -0.05) is 12.1 Å². The fraction of sp³-hybridized carbons (Fsp3) is 0.448. The molecule has 0 aromatic heterocycles. The van der Waals surface area contributed by atoms with Crippen LogP contribution in [0.5, 0.6) is 11.5 Å². The normalized spacial score (nSPS) is 27.1. The number of anilines is 1. The second-order valence-electron chi connectivity index (χ2n) is 10.5. The summed E-state index contributed by atoms with van der Waals surface area (Å²) in [6.07, 6.45) is 11.1. The molecule has 0 spiro atoms. The van der Waals surface area contributed by atoms with Crippen molar-refractivity contribution in [3.05, 3.63) is 59.7 Å². The summed E-state index contributed by atoms with van der Waals surface area (Å²) in [6, 6.07) is 13.2. The van der Waals surface area contributed by atoms with Gasteiger partial charge in [0.25, 0.3) is 0 Å². The molecule has 1 N–H and O–H groups in total. The maximum absolute atomic E-state index is 13.3. The Balaban J connectivity index is 1.26. The van der Waals surface area contributed by atoms with Gasteiger partial charge in [0, 0.05) is 23.6 Å². The lowest BCUT2D eigenvalue weighted by molar-refractivity contribution is -0.138. The minimum atomic E-state index is -0.107. The Kier molecular flexibility index (Phi) is 6.20. The van der Waals surface area contributed by atoms with Crippen molar-refractivity contribution in [3.8, 4) is 11.5 Å². The zero-order valence-electron chi connectivity index (χ0n) is 20.0. The third-order valence-electron chi connectivity index (χ3n) is 7.86. The number of carbonyl (C=O) groups excluding carboxylic acids is 2. The SMILES string of the molecule is COc1ccc(C=CC(=O)C23CC4CC(CC(C4)C2)C3)cc1COc1ccc(NC(C)=O)cc1. The molecular formula is C29H33NO4. The highest BCUT2D eigenvalue weighted by Gasteiger charge is 2.53. The minimum Gasteiger partial charge on any atom is -0.496 e. The molecule has 6 rings (SSSR count). The number of ketones is 1. The molecule has 2 aromatic carbocycles. The highest BCUT2D eigenvalue weighted by atomic mass is 16.5. The first-order valence-electron chi connectivity index (χ1n) is 12.3. The number of hydrogen-bond acceptors (Lipinski definition) is 4. The number of amides is 1. The predicted molar refractivity (Wildman–Crippen MR) is 133 cm³/mol. The van der Waals surface area contributed by atoms with Crippen LogP contribution in [0.15, 0.2) is 48.5 Å². The first kappa shape index (κ1) is 22.7. The highest BCUT2D eigenvalue weighted by Crippen LogP contribution is 2.60. The summed E-state index contributed by atoms with van der Waals surface area (Å²) < 4.78 is 11.5. The van der Waals surface area contributed by atoms with E-state index in [1.807, 2.05) is 54.6 Å². The monoisotopic (exact) mass is 459 g/mol. The lowest BCUT2D eigenvalue weighted by Crippen LogP contribution is -2.49. The van der Waals surface area contributed by atoms with Crippen molar-refractivity contribution in [1.29, 1.82) is 0 Å². The van der Waals surface area contributed by atoms with Gasteiger partial charge in [0.2, 0.25) is 5.91 Å². The Morgan fingerprint density at radius 2 is 1.65 bits per heavy atom. The molecule has 1 amide bonds. The van der Waals surface area contributed by atoms with E-state index in [0.717, 1.165) is 59.6 Å². The van der Waals surface area contributed by atoms with Gasteiger partial charge in [-0.25, -0.2) is 0 Å². The van der Waals surface area contributed by atoms with Gasteiger partial charge in [0.15, 0.2) is 5.78 Å². The molecule has 0 unspecified atom stereocenters. The molecule has 0 saturated heterocycles. The number of hydrogen-bond donors (Lipinski definition) is 1. The van der Waals surface area contributed by atoms with Crippen molar-refractivity contribution in [2.45, 2.75) is 52.1 Å². The lowest BCUT2D eigenvalue weighted by atomic mass is 9.48. The summed E-state index contributed by atoms with van der Waals surface area (Å²) >= 11 is 0. The lowest BCUT2D eigenvalue weighted by Gasteiger charge is -2.55. The second-order valence-corrected chi connectivity index (χ2v) is 10.5. The number of methoxy groups -OCH3 is 1. The summed E-state index contributed by atoms with van der Waals surface area (Å²) in [5, 5.41) is 2.75. The molecule has 5 nitrogen and oxygen atoms in total. The van der Waals surface area contributed by atoms with E-state index in [-0.39, 0.29) is 11.3 Å². The maximum atomic E-state index is 13.3. The number of allylic oxidation sites excluding steroid dienone is 1. The number of ether oxygens (including phenoxy) is 2. The highest BCUT2D eigenvalue weighted by molar-refractivity contribution is 5.98. The molecule has 2 aromatic rings. The predicted octanol–water partition coefficient (Wildman–Crippen LogP) is 6.03. The Bertz CT molecular complexity index is 1070. The van der Waals surface area contributed by atoms with Crippen molar-refractivity contribution >= 4 is 23.5 Å². The van der Waals surface area contributed by atoms with Gasteiger partial charge in [-0.15, -0.1) is 0 Å². The maximum Gasteiger partial charge on any atom is 0.221 e. The van der Waals surface area contributed by atoms with E-state index in [1.165, 1.54) is 26.2 Å². The van der Waals surface area contributed by atoms with Crippen LogP contribution in [-0.2, 0) is 16.2 Å². The zero-order valence-corrected chi connectivity index (χ0v) is 20.0. The van der Waals surface area contributed by atoms with Gasteiger partial charge in [0.1, 0.15) is 18.1 Å². The second kappa shape index (κ2) is 9.28. The van der Waals surface area contributed by atoms with Crippen molar-refractivity contribution in [1.82, 2.24) is 0 Å². The van der Waals surface area contributed by atoms with E-state index < -0.39 is 0 Å². The van der Waals surface area contributed by atoms with Gasteiger partial charge >= 0.3 is 0 Å². The van der Waals surface area contributed by atoms with Crippen LogP contribution in [0.4, 0.5) is 5.69 Å². The smallest absolute Gasteiger partial charge is 0.221 e. The van der Waals surface area contributed by atoms with E-state index >= 15 is 0 Å². The summed E-state index contributed by atoms with van der Waals surface area (Å²) in [6.45, 7) is 1.82. The molecule has 4 fully saturated rings. The molecule has 0 radical (unpaired) electrons. The van der Waals surface area contributed by atoms with Gasteiger partial charge < -0.3 is 14.8 Å². The van der Waals surface area contributed by atoms with Gasteiger partial charge in [0.05, 0.1) is 7.11 Å². The molecular weight excluding hydrogens is 426 g/mol. The standard InChI is InChI=1S/C29H33NO4/c1-19(31)30-25-5-7-26(8-6-25)34-18-24-14-20(3-9-27(24)33-2)4-10-28(32)29-15-21-11-22(16-29)13-23(12-21)17-29/h3-10,14,21-23H,11-13,15-18H2,1-2H3,(H,30,31). The molecule has 34 heavy (non-hydrogen) atoms. The van der Waals surface area contributed by atoms with Gasteiger partial charge in [-0.2, -0.15) is 0 Å². The summed E-state index contributed by atoms with van der Waals surface area (Å²) in [5.41, 5.74) is 2.51. The minimum absolute atomic E-state index is 0.104. The van der Waals surface area contributed by atoms with Crippen LogP contribution < -0.4 is 14.8 Å². The van der Waals surface area contributed by atoms with E-state index in [2.05, 4.69) is 5.32 Å². The molecule has 4 aliphatic rings. The van der Waals surface area contributed by atoms with Gasteiger partial charge in [-0.05, 0) is 104 Å². The van der Waals surface area contributed by atoms with Crippen molar-refractivity contribution in [3.63, 3.8) is 0 Å². The zero-order chi connectivity index (χ0) is 23.7. The molecule has 4 bridgehead atoms. The molecule has 4 aliphatic carbocycles. The first-order valence-corrected chi connectivity index (χ1v) is 12.3. The number of nitrogens with one attached hydrogen (secondary N) is 1. The van der Waals surface area contributed by atoms with Crippen LogP contribution in [0.25, 0.3) is 6.08 Å².